The Morgan fingerprint density at radius 1 is 1.15 bits per heavy atom. The number of carbonyl (C=O) groups excluding carboxylic acids is 1. The summed E-state index contributed by atoms with van der Waals surface area (Å²) in [5.74, 6) is -0.613. The Labute approximate surface area is 204 Å². The average molecular weight is 491 g/mol. The minimum absolute atomic E-state index is 0.00776. The SMILES string of the molecule is CC(C)(NC(=O)c1ccccc1OCC(O)CN1CCC(Oc2ccc(Cl)cc2)CC1)C(=O)O. The smallest absolute Gasteiger partial charge is 0.328 e. The number of para-hydroxylation sites is 1. The molecule has 1 aliphatic heterocycles. The summed E-state index contributed by atoms with van der Waals surface area (Å²) in [6.45, 7) is 4.84. The first kappa shape index (κ1) is 25.8. The van der Waals surface area contributed by atoms with Gasteiger partial charge in [-0.15, -0.1) is 0 Å². The van der Waals surface area contributed by atoms with Crippen LogP contribution in [0, 0.1) is 0 Å². The fourth-order valence-electron chi connectivity index (χ4n) is 3.64. The second-order valence-corrected chi connectivity index (χ2v) is 9.35. The normalized spacial score (nSPS) is 16.0. The highest BCUT2D eigenvalue weighted by molar-refractivity contribution is 6.30. The molecule has 9 heteroatoms. The van der Waals surface area contributed by atoms with Gasteiger partial charge in [-0.25, -0.2) is 4.79 Å². The number of piperidine rings is 1. The van der Waals surface area contributed by atoms with Crippen LogP contribution in [0.3, 0.4) is 0 Å². The molecule has 184 valence electrons. The predicted octanol–water partition coefficient (Wildman–Crippen LogP) is 3.22. The molecule has 1 unspecified atom stereocenters. The maximum Gasteiger partial charge on any atom is 0.328 e. The molecule has 0 spiro atoms. The molecule has 3 N–H and O–H groups in total. The van der Waals surface area contributed by atoms with Gasteiger partial charge >= 0.3 is 5.97 Å². The van der Waals surface area contributed by atoms with E-state index in [0.717, 1.165) is 31.7 Å². The van der Waals surface area contributed by atoms with E-state index in [1.807, 2.05) is 12.1 Å². The van der Waals surface area contributed by atoms with E-state index in [1.165, 1.54) is 13.8 Å². The number of carbonyl (C=O) groups is 2. The Balaban J connectivity index is 1.46. The van der Waals surface area contributed by atoms with Crippen LogP contribution in [0.2, 0.25) is 5.02 Å². The summed E-state index contributed by atoms with van der Waals surface area (Å²) in [5.41, 5.74) is -1.21. The monoisotopic (exact) mass is 490 g/mol. The molecule has 1 fully saturated rings. The summed E-state index contributed by atoms with van der Waals surface area (Å²) in [4.78, 5) is 26.0. The topological polar surface area (TPSA) is 108 Å². The van der Waals surface area contributed by atoms with Gasteiger partial charge in [0.25, 0.3) is 5.91 Å². The van der Waals surface area contributed by atoms with Gasteiger partial charge in [0.15, 0.2) is 0 Å². The Bertz CT molecular complexity index is 974. The highest BCUT2D eigenvalue weighted by atomic mass is 35.5. The minimum Gasteiger partial charge on any atom is -0.490 e. The molecule has 1 heterocycles. The molecule has 0 bridgehead atoms. The maximum atomic E-state index is 12.6. The van der Waals surface area contributed by atoms with Gasteiger partial charge in [0, 0.05) is 24.7 Å². The molecule has 34 heavy (non-hydrogen) atoms. The van der Waals surface area contributed by atoms with E-state index in [0.29, 0.717) is 11.6 Å². The van der Waals surface area contributed by atoms with E-state index in [2.05, 4.69) is 10.2 Å². The van der Waals surface area contributed by atoms with Crippen molar-refractivity contribution in [3.05, 3.63) is 59.1 Å². The molecule has 1 amide bonds. The summed E-state index contributed by atoms with van der Waals surface area (Å²) in [6, 6.07) is 13.9. The van der Waals surface area contributed by atoms with Crippen LogP contribution in [0.4, 0.5) is 0 Å². The highest BCUT2D eigenvalue weighted by Crippen LogP contribution is 2.22. The number of hydrogen-bond acceptors (Lipinski definition) is 6. The van der Waals surface area contributed by atoms with E-state index in [4.69, 9.17) is 21.1 Å². The standard InChI is InChI=1S/C25H31ClN2O6/c1-25(2,24(31)32)27-23(30)21-5-3-4-6-22(21)33-16-18(29)15-28-13-11-20(12-14-28)34-19-9-7-17(26)8-10-19/h3-10,18,20,29H,11-16H2,1-2H3,(H,27,30)(H,31,32). The number of aliphatic hydroxyl groups excluding tert-OH is 1. The number of rotatable bonds is 10. The largest absolute Gasteiger partial charge is 0.490 e. The molecule has 3 rings (SSSR count). The van der Waals surface area contributed by atoms with Crippen molar-refractivity contribution in [2.45, 2.75) is 44.4 Å². The number of likely N-dealkylation sites (tertiary alicyclic amines) is 1. The lowest BCUT2D eigenvalue weighted by Crippen LogP contribution is -2.49. The van der Waals surface area contributed by atoms with Crippen LogP contribution in [0.1, 0.15) is 37.0 Å². The number of carboxylic acid groups (broad SMARTS) is 1. The van der Waals surface area contributed by atoms with Crippen molar-refractivity contribution in [1.29, 1.82) is 0 Å². The Kier molecular flexibility index (Phi) is 8.77. The molecule has 1 atom stereocenters. The van der Waals surface area contributed by atoms with E-state index in [9.17, 15) is 19.8 Å². The maximum absolute atomic E-state index is 12.6. The number of benzene rings is 2. The van der Waals surface area contributed by atoms with Gasteiger partial charge in [-0.05, 0) is 63.1 Å². The summed E-state index contributed by atoms with van der Waals surface area (Å²) in [5, 5.41) is 22.9. The number of ether oxygens (including phenoxy) is 2. The number of nitrogens with zero attached hydrogens (tertiary/aromatic N) is 1. The molecule has 0 aliphatic carbocycles. The van der Waals surface area contributed by atoms with Gasteiger partial charge < -0.3 is 29.9 Å². The quantitative estimate of drug-likeness (QED) is 0.469. The van der Waals surface area contributed by atoms with Crippen LogP contribution >= 0.6 is 11.6 Å². The second kappa shape index (κ2) is 11.6. The summed E-state index contributed by atoms with van der Waals surface area (Å²) < 4.78 is 11.7. The zero-order valence-electron chi connectivity index (χ0n) is 19.4. The first-order valence-corrected chi connectivity index (χ1v) is 11.6. The molecule has 1 aliphatic rings. The van der Waals surface area contributed by atoms with Gasteiger partial charge in [-0.3, -0.25) is 4.79 Å². The third-order valence-electron chi connectivity index (χ3n) is 5.64. The minimum atomic E-state index is -1.42. The van der Waals surface area contributed by atoms with Gasteiger partial charge in [0.05, 0.1) is 5.56 Å². The Morgan fingerprint density at radius 3 is 2.44 bits per heavy atom. The number of aliphatic hydroxyl groups is 1. The van der Waals surface area contributed by atoms with E-state index in [-0.39, 0.29) is 24.0 Å². The van der Waals surface area contributed by atoms with Crippen LogP contribution in [0.15, 0.2) is 48.5 Å². The Morgan fingerprint density at radius 2 is 1.79 bits per heavy atom. The van der Waals surface area contributed by atoms with Gasteiger partial charge in [-0.2, -0.15) is 0 Å². The highest BCUT2D eigenvalue weighted by Gasteiger charge is 2.30. The first-order valence-electron chi connectivity index (χ1n) is 11.2. The number of aliphatic carboxylic acids is 1. The molecule has 0 radical (unpaired) electrons. The van der Waals surface area contributed by atoms with Crippen LogP contribution in [0.5, 0.6) is 11.5 Å². The van der Waals surface area contributed by atoms with Crippen molar-refractivity contribution in [2.24, 2.45) is 0 Å². The third kappa shape index (κ3) is 7.35. The molecule has 2 aromatic rings. The lowest BCUT2D eigenvalue weighted by molar-refractivity contribution is -0.143. The summed E-state index contributed by atoms with van der Waals surface area (Å²) >= 11 is 5.91. The number of nitrogens with one attached hydrogen (secondary N) is 1. The summed E-state index contributed by atoms with van der Waals surface area (Å²) in [7, 11) is 0. The lowest BCUT2D eigenvalue weighted by Gasteiger charge is -2.33. The predicted molar refractivity (Wildman–Crippen MR) is 129 cm³/mol. The van der Waals surface area contributed by atoms with Crippen molar-refractivity contribution in [2.75, 3.05) is 26.2 Å². The molecule has 0 saturated carbocycles. The van der Waals surface area contributed by atoms with Crippen LogP contribution in [-0.4, -0.2) is 71.0 Å². The number of amides is 1. The van der Waals surface area contributed by atoms with Gasteiger partial charge in [0.2, 0.25) is 0 Å². The molecule has 2 aromatic carbocycles. The lowest BCUT2D eigenvalue weighted by atomic mass is 10.0. The Hall–Kier alpha value is -2.81. The van der Waals surface area contributed by atoms with Crippen molar-refractivity contribution < 1.29 is 29.3 Å². The van der Waals surface area contributed by atoms with Crippen LogP contribution in [-0.2, 0) is 4.79 Å². The molecule has 1 saturated heterocycles. The second-order valence-electron chi connectivity index (χ2n) is 8.92. The zero-order valence-corrected chi connectivity index (χ0v) is 20.1. The van der Waals surface area contributed by atoms with Crippen LogP contribution < -0.4 is 14.8 Å². The zero-order chi connectivity index (χ0) is 24.7. The molecule has 8 nitrogen and oxygen atoms in total. The van der Waals surface area contributed by atoms with E-state index >= 15 is 0 Å². The number of halogens is 1. The third-order valence-corrected chi connectivity index (χ3v) is 5.90. The molecular weight excluding hydrogens is 460 g/mol. The number of β-amino-alcohol motifs (C(OH)–C–C–N with tert-alkyl or cyclic N) is 1. The number of carboxylic acids is 1. The van der Waals surface area contributed by atoms with Crippen LogP contribution in [0.25, 0.3) is 0 Å². The van der Waals surface area contributed by atoms with Gasteiger partial charge in [-0.1, -0.05) is 23.7 Å². The van der Waals surface area contributed by atoms with Crippen molar-refractivity contribution in [1.82, 2.24) is 10.2 Å². The van der Waals surface area contributed by atoms with E-state index < -0.39 is 23.5 Å². The van der Waals surface area contributed by atoms with Gasteiger partial charge in [0.1, 0.15) is 35.9 Å². The fraction of sp³-hybridized carbons (Fsp3) is 0.440. The van der Waals surface area contributed by atoms with Crippen molar-refractivity contribution in [3.63, 3.8) is 0 Å². The fourth-order valence-corrected chi connectivity index (χ4v) is 3.76. The van der Waals surface area contributed by atoms with Crippen molar-refractivity contribution in [3.8, 4) is 11.5 Å². The average Bonchev–Trinajstić information content (AvgIpc) is 2.80. The number of hydrogen-bond donors (Lipinski definition) is 3. The van der Waals surface area contributed by atoms with Crippen molar-refractivity contribution >= 4 is 23.5 Å². The molecular formula is C25H31ClN2O6. The molecule has 0 aromatic heterocycles. The summed E-state index contributed by atoms with van der Waals surface area (Å²) in [6.07, 6.45) is 1.06. The van der Waals surface area contributed by atoms with E-state index in [1.54, 1.807) is 36.4 Å². The first-order chi connectivity index (χ1) is 16.1.